The first kappa shape index (κ1) is 23.3. The molecule has 2 amide bonds. The van der Waals surface area contributed by atoms with E-state index in [0.29, 0.717) is 37.4 Å². The van der Waals surface area contributed by atoms with Gasteiger partial charge in [-0.3, -0.25) is 9.59 Å². The lowest BCUT2D eigenvalue weighted by Crippen LogP contribution is -2.44. The summed E-state index contributed by atoms with van der Waals surface area (Å²) in [5, 5.41) is 5.65. The van der Waals surface area contributed by atoms with Crippen molar-refractivity contribution in [2.45, 2.75) is 52.7 Å². The van der Waals surface area contributed by atoms with Crippen LogP contribution in [0.15, 0.2) is 48.5 Å². The first-order chi connectivity index (χ1) is 14.5. The largest absolute Gasteiger partial charge is 0.480 e. The SMILES string of the molecule is CCC(Oc1ccccc1C)C(=O)NCCNC(=O)C(CC)Oc1ccccc1C. The van der Waals surface area contributed by atoms with Gasteiger partial charge in [-0.1, -0.05) is 50.2 Å². The quantitative estimate of drug-likeness (QED) is 0.554. The van der Waals surface area contributed by atoms with Crippen LogP contribution >= 0.6 is 0 Å². The molecule has 0 saturated heterocycles. The molecule has 0 radical (unpaired) electrons. The summed E-state index contributed by atoms with van der Waals surface area (Å²) >= 11 is 0. The molecule has 0 aromatic heterocycles. The van der Waals surface area contributed by atoms with E-state index < -0.39 is 12.2 Å². The second-order valence-corrected chi connectivity index (χ2v) is 7.14. The van der Waals surface area contributed by atoms with Crippen LogP contribution in [0.5, 0.6) is 11.5 Å². The minimum atomic E-state index is -0.574. The summed E-state index contributed by atoms with van der Waals surface area (Å²) in [6, 6.07) is 15.2. The van der Waals surface area contributed by atoms with Gasteiger partial charge in [-0.25, -0.2) is 0 Å². The van der Waals surface area contributed by atoms with E-state index in [2.05, 4.69) is 10.6 Å². The molecule has 2 aromatic rings. The summed E-state index contributed by atoms with van der Waals surface area (Å²) in [7, 11) is 0. The van der Waals surface area contributed by atoms with Gasteiger partial charge in [-0.05, 0) is 49.9 Å². The number of nitrogens with one attached hydrogen (secondary N) is 2. The second kappa shape index (κ2) is 11.9. The predicted molar refractivity (Wildman–Crippen MR) is 118 cm³/mol. The van der Waals surface area contributed by atoms with Crippen molar-refractivity contribution in [1.82, 2.24) is 10.6 Å². The Bertz CT molecular complexity index is 768. The van der Waals surface area contributed by atoms with Crippen molar-refractivity contribution in [3.8, 4) is 11.5 Å². The maximum atomic E-state index is 12.4. The molecule has 2 rings (SSSR count). The highest BCUT2D eigenvalue weighted by Gasteiger charge is 2.20. The highest BCUT2D eigenvalue weighted by molar-refractivity contribution is 5.82. The zero-order valence-corrected chi connectivity index (χ0v) is 18.2. The van der Waals surface area contributed by atoms with Gasteiger partial charge in [0.15, 0.2) is 12.2 Å². The van der Waals surface area contributed by atoms with E-state index in [9.17, 15) is 9.59 Å². The third-order valence-corrected chi connectivity index (χ3v) is 4.78. The van der Waals surface area contributed by atoms with Crippen molar-refractivity contribution in [2.75, 3.05) is 13.1 Å². The van der Waals surface area contributed by atoms with Crippen molar-refractivity contribution in [3.05, 3.63) is 59.7 Å². The molecule has 0 aliphatic heterocycles. The van der Waals surface area contributed by atoms with E-state index in [-0.39, 0.29) is 11.8 Å². The third-order valence-electron chi connectivity index (χ3n) is 4.78. The van der Waals surface area contributed by atoms with Crippen LogP contribution in [0.4, 0.5) is 0 Å². The molecular formula is C24H32N2O4. The lowest BCUT2D eigenvalue weighted by molar-refractivity contribution is -0.129. The number of carbonyl (C=O) groups is 2. The van der Waals surface area contributed by atoms with Crippen molar-refractivity contribution in [2.24, 2.45) is 0 Å². The molecule has 0 aliphatic rings. The molecule has 30 heavy (non-hydrogen) atoms. The number of carbonyl (C=O) groups excluding carboxylic acids is 2. The molecule has 2 aromatic carbocycles. The van der Waals surface area contributed by atoms with Crippen LogP contribution in [0, 0.1) is 13.8 Å². The van der Waals surface area contributed by atoms with E-state index >= 15 is 0 Å². The molecule has 0 spiro atoms. The molecule has 6 nitrogen and oxygen atoms in total. The van der Waals surface area contributed by atoms with Crippen molar-refractivity contribution < 1.29 is 19.1 Å². The highest BCUT2D eigenvalue weighted by atomic mass is 16.5. The number of hydrogen-bond acceptors (Lipinski definition) is 4. The minimum absolute atomic E-state index is 0.196. The summed E-state index contributed by atoms with van der Waals surface area (Å²) in [6.45, 7) is 8.33. The van der Waals surface area contributed by atoms with Crippen LogP contribution < -0.4 is 20.1 Å². The van der Waals surface area contributed by atoms with Gasteiger partial charge in [0.2, 0.25) is 0 Å². The van der Waals surface area contributed by atoms with Gasteiger partial charge in [0.1, 0.15) is 11.5 Å². The zero-order chi connectivity index (χ0) is 21.9. The topological polar surface area (TPSA) is 76.7 Å². The Morgan fingerprint density at radius 2 is 1.10 bits per heavy atom. The standard InChI is InChI=1S/C24H32N2O4/c1-5-19(29-21-13-9-7-11-17(21)3)23(27)25-15-16-26-24(28)20(6-2)30-22-14-10-8-12-18(22)4/h7-14,19-20H,5-6,15-16H2,1-4H3,(H,25,27)(H,26,28). The molecule has 6 heteroatoms. The van der Waals surface area contributed by atoms with Gasteiger partial charge >= 0.3 is 0 Å². The Balaban J connectivity index is 1.78. The zero-order valence-electron chi connectivity index (χ0n) is 18.2. The van der Waals surface area contributed by atoms with Gasteiger partial charge in [-0.2, -0.15) is 0 Å². The smallest absolute Gasteiger partial charge is 0.261 e. The van der Waals surface area contributed by atoms with Gasteiger partial charge in [-0.15, -0.1) is 0 Å². The average molecular weight is 413 g/mol. The average Bonchev–Trinajstić information content (AvgIpc) is 2.75. The van der Waals surface area contributed by atoms with E-state index in [1.807, 2.05) is 76.2 Å². The lowest BCUT2D eigenvalue weighted by atomic mass is 10.2. The first-order valence-corrected chi connectivity index (χ1v) is 10.5. The van der Waals surface area contributed by atoms with Crippen LogP contribution in [0.2, 0.25) is 0 Å². The van der Waals surface area contributed by atoms with Crippen LogP contribution in [0.1, 0.15) is 37.8 Å². The van der Waals surface area contributed by atoms with E-state index in [0.717, 1.165) is 11.1 Å². The molecule has 2 unspecified atom stereocenters. The predicted octanol–water partition coefficient (Wildman–Crippen LogP) is 3.55. The number of benzene rings is 2. The maximum absolute atomic E-state index is 12.4. The summed E-state index contributed by atoms with van der Waals surface area (Å²) in [5.74, 6) is 1.01. The number of aryl methyl sites for hydroxylation is 2. The van der Waals surface area contributed by atoms with Gasteiger partial charge in [0, 0.05) is 13.1 Å². The number of hydrogen-bond donors (Lipinski definition) is 2. The molecule has 0 fully saturated rings. The summed E-state index contributed by atoms with van der Waals surface area (Å²) in [4.78, 5) is 24.9. The molecule has 0 saturated carbocycles. The normalized spacial score (nSPS) is 12.5. The second-order valence-electron chi connectivity index (χ2n) is 7.14. The van der Waals surface area contributed by atoms with E-state index in [1.54, 1.807) is 0 Å². The van der Waals surface area contributed by atoms with Crippen LogP contribution in [0.25, 0.3) is 0 Å². The summed E-state index contributed by atoms with van der Waals surface area (Å²) in [5.41, 5.74) is 1.96. The fraction of sp³-hybridized carbons (Fsp3) is 0.417. The Hall–Kier alpha value is -3.02. The van der Waals surface area contributed by atoms with Gasteiger partial charge in [0.25, 0.3) is 11.8 Å². The van der Waals surface area contributed by atoms with E-state index in [1.165, 1.54) is 0 Å². The van der Waals surface area contributed by atoms with Crippen LogP contribution in [0.3, 0.4) is 0 Å². The molecule has 2 N–H and O–H groups in total. The highest BCUT2D eigenvalue weighted by Crippen LogP contribution is 2.19. The Morgan fingerprint density at radius 3 is 1.43 bits per heavy atom. The minimum Gasteiger partial charge on any atom is -0.480 e. The Morgan fingerprint density at radius 1 is 0.733 bits per heavy atom. The van der Waals surface area contributed by atoms with Crippen molar-refractivity contribution in [1.29, 1.82) is 0 Å². The monoisotopic (exact) mass is 412 g/mol. The van der Waals surface area contributed by atoms with Crippen LogP contribution in [-0.4, -0.2) is 37.1 Å². The first-order valence-electron chi connectivity index (χ1n) is 10.5. The van der Waals surface area contributed by atoms with Crippen molar-refractivity contribution >= 4 is 11.8 Å². The maximum Gasteiger partial charge on any atom is 0.261 e. The number of para-hydroxylation sites is 2. The van der Waals surface area contributed by atoms with Gasteiger partial charge in [0.05, 0.1) is 0 Å². The lowest BCUT2D eigenvalue weighted by Gasteiger charge is -2.20. The van der Waals surface area contributed by atoms with Crippen LogP contribution in [-0.2, 0) is 9.59 Å². The van der Waals surface area contributed by atoms with E-state index in [4.69, 9.17) is 9.47 Å². The molecule has 0 heterocycles. The molecular weight excluding hydrogens is 380 g/mol. The number of ether oxygens (including phenoxy) is 2. The third kappa shape index (κ3) is 6.79. The Kier molecular flexibility index (Phi) is 9.19. The van der Waals surface area contributed by atoms with Crippen molar-refractivity contribution in [3.63, 3.8) is 0 Å². The summed E-state index contributed by atoms with van der Waals surface area (Å²) < 4.78 is 11.7. The molecule has 2 atom stereocenters. The molecule has 0 aliphatic carbocycles. The molecule has 0 bridgehead atoms. The Labute approximate surface area is 179 Å². The number of amides is 2. The summed E-state index contributed by atoms with van der Waals surface area (Å²) in [6.07, 6.45) is -0.0483. The number of rotatable bonds is 11. The van der Waals surface area contributed by atoms with Gasteiger partial charge < -0.3 is 20.1 Å². The molecule has 162 valence electrons. The fourth-order valence-corrected chi connectivity index (χ4v) is 2.93. The fourth-order valence-electron chi connectivity index (χ4n) is 2.93.